The van der Waals surface area contributed by atoms with Crippen LogP contribution in [0.3, 0.4) is 0 Å². The molecule has 38 heavy (non-hydrogen) atoms. The molecule has 2 aromatic carbocycles. The first-order chi connectivity index (χ1) is 18.1. The lowest BCUT2D eigenvalue weighted by Crippen LogP contribution is -2.46. The van der Waals surface area contributed by atoms with E-state index in [1.54, 1.807) is 30.0 Å². The van der Waals surface area contributed by atoms with E-state index >= 15 is 0 Å². The Morgan fingerprint density at radius 3 is 2.61 bits per heavy atom. The highest BCUT2D eigenvalue weighted by Crippen LogP contribution is 2.29. The van der Waals surface area contributed by atoms with E-state index < -0.39 is 11.5 Å². The van der Waals surface area contributed by atoms with E-state index in [-0.39, 0.29) is 24.8 Å². The third-order valence-electron chi connectivity index (χ3n) is 6.29. The maximum atomic E-state index is 12.9. The van der Waals surface area contributed by atoms with Crippen molar-refractivity contribution in [1.82, 2.24) is 4.90 Å². The molecule has 200 valence electrons. The summed E-state index contributed by atoms with van der Waals surface area (Å²) in [5.41, 5.74) is 1.46. The largest absolute Gasteiger partial charge is 0.489 e. The Hall–Kier alpha value is -3.99. The lowest BCUT2D eigenvalue weighted by Gasteiger charge is -2.34. The Kier molecular flexibility index (Phi) is 8.26. The van der Waals surface area contributed by atoms with Gasteiger partial charge in [-0.25, -0.2) is 4.79 Å². The fourth-order valence-corrected chi connectivity index (χ4v) is 4.55. The van der Waals surface area contributed by atoms with Crippen LogP contribution in [0.1, 0.15) is 63.3 Å². The average molecular weight is 519 g/mol. The molecule has 0 radical (unpaired) electrons. The predicted octanol–water partition coefficient (Wildman–Crippen LogP) is 5.97. The number of nitrogens with zero attached hydrogens (tertiary/aromatic N) is 2. The standard InChI is InChI=1S/C30H34N2O6/c1-5-35-28(33)26(17-25-16-22-15-20(18-31)8-13-27(22)37-25)21-9-11-23(12-10-21)36-24-7-6-14-32(19-24)29(34)38-30(2,3)4/h8-13,15-16,24,26H,5-7,14,17,19H2,1-4H3. The highest BCUT2D eigenvalue weighted by Gasteiger charge is 2.29. The summed E-state index contributed by atoms with van der Waals surface area (Å²) in [6, 6.07) is 16.6. The van der Waals surface area contributed by atoms with Crippen molar-refractivity contribution >= 4 is 23.0 Å². The normalized spacial score (nSPS) is 16.5. The van der Waals surface area contributed by atoms with Crippen LogP contribution in [0.2, 0.25) is 0 Å². The van der Waals surface area contributed by atoms with Gasteiger partial charge in [-0.2, -0.15) is 5.26 Å². The average Bonchev–Trinajstić information content (AvgIpc) is 3.29. The molecule has 2 unspecified atom stereocenters. The number of amides is 1. The number of likely N-dealkylation sites (tertiary alicyclic amines) is 1. The molecular formula is C30H34N2O6. The zero-order chi connectivity index (χ0) is 27.3. The lowest BCUT2D eigenvalue weighted by atomic mass is 9.94. The zero-order valence-corrected chi connectivity index (χ0v) is 22.4. The number of benzene rings is 2. The van der Waals surface area contributed by atoms with E-state index in [1.165, 1.54) is 0 Å². The van der Waals surface area contributed by atoms with Gasteiger partial charge in [0.15, 0.2) is 0 Å². The Balaban J connectivity index is 1.45. The summed E-state index contributed by atoms with van der Waals surface area (Å²) in [6.45, 7) is 8.72. The summed E-state index contributed by atoms with van der Waals surface area (Å²) in [6.07, 6.45) is 1.53. The summed E-state index contributed by atoms with van der Waals surface area (Å²) >= 11 is 0. The van der Waals surface area contributed by atoms with E-state index in [1.807, 2.05) is 51.1 Å². The van der Waals surface area contributed by atoms with Crippen LogP contribution in [0.25, 0.3) is 11.0 Å². The first kappa shape index (κ1) is 27.1. The number of fused-ring (bicyclic) bond motifs is 1. The van der Waals surface area contributed by atoms with Crippen molar-refractivity contribution in [1.29, 1.82) is 5.26 Å². The van der Waals surface area contributed by atoms with Crippen LogP contribution in [-0.2, 0) is 20.7 Å². The number of piperidine rings is 1. The third kappa shape index (κ3) is 6.86. The van der Waals surface area contributed by atoms with Crippen LogP contribution in [0, 0.1) is 11.3 Å². The minimum atomic E-state index is -0.558. The third-order valence-corrected chi connectivity index (χ3v) is 6.29. The number of nitriles is 1. The molecule has 0 saturated carbocycles. The fraction of sp³-hybridized carbons (Fsp3) is 0.433. The molecule has 8 heteroatoms. The Morgan fingerprint density at radius 2 is 1.92 bits per heavy atom. The fourth-order valence-electron chi connectivity index (χ4n) is 4.55. The van der Waals surface area contributed by atoms with Gasteiger partial charge >= 0.3 is 12.1 Å². The molecule has 4 rings (SSSR count). The highest BCUT2D eigenvalue weighted by molar-refractivity contribution is 5.81. The molecule has 8 nitrogen and oxygen atoms in total. The number of esters is 1. The summed E-state index contributed by atoms with van der Waals surface area (Å²) in [7, 11) is 0. The molecule has 1 aliphatic rings. The van der Waals surface area contributed by atoms with Gasteiger partial charge in [-0.3, -0.25) is 4.79 Å². The molecule has 3 aromatic rings. The number of ether oxygens (including phenoxy) is 3. The van der Waals surface area contributed by atoms with Crippen LogP contribution in [-0.4, -0.2) is 48.4 Å². The van der Waals surface area contributed by atoms with Crippen molar-refractivity contribution in [2.75, 3.05) is 19.7 Å². The van der Waals surface area contributed by atoms with E-state index in [0.717, 1.165) is 23.8 Å². The topological polar surface area (TPSA) is 102 Å². The van der Waals surface area contributed by atoms with Crippen molar-refractivity contribution < 1.29 is 28.2 Å². The summed E-state index contributed by atoms with van der Waals surface area (Å²) < 4.78 is 23.0. The molecule has 2 atom stereocenters. The molecular weight excluding hydrogens is 484 g/mol. The Bertz CT molecular complexity index is 1320. The first-order valence-corrected chi connectivity index (χ1v) is 13.0. The van der Waals surface area contributed by atoms with Crippen LogP contribution < -0.4 is 4.74 Å². The second-order valence-electron chi connectivity index (χ2n) is 10.5. The summed E-state index contributed by atoms with van der Waals surface area (Å²) in [5.74, 6) is 0.412. The maximum absolute atomic E-state index is 12.9. The van der Waals surface area contributed by atoms with Crippen molar-refractivity contribution in [3.8, 4) is 11.8 Å². The van der Waals surface area contributed by atoms with Gasteiger partial charge in [0, 0.05) is 18.4 Å². The predicted molar refractivity (Wildman–Crippen MR) is 142 cm³/mol. The monoisotopic (exact) mass is 518 g/mol. The molecule has 0 N–H and O–H groups in total. The van der Waals surface area contributed by atoms with Gasteiger partial charge in [0.1, 0.15) is 28.8 Å². The van der Waals surface area contributed by atoms with E-state index in [0.29, 0.717) is 42.2 Å². The summed E-state index contributed by atoms with van der Waals surface area (Å²) in [5, 5.41) is 9.98. The lowest BCUT2D eigenvalue weighted by molar-refractivity contribution is -0.145. The number of carbonyl (C=O) groups is 2. The van der Waals surface area contributed by atoms with Crippen molar-refractivity contribution in [3.63, 3.8) is 0 Å². The molecule has 0 spiro atoms. The molecule has 1 aromatic heterocycles. The van der Waals surface area contributed by atoms with Crippen molar-refractivity contribution in [2.24, 2.45) is 0 Å². The number of carbonyl (C=O) groups excluding carboxylic acids is 2. The van der Waals surface area contributed by atoms with Crippen molar-refractivity contribution in [2.45, 2.75) is 64.6 Å². The van der Waals surface area contributed by atoms with Gasteiger partial charge in [0.2, 0.25) is 0 Å². The maximum Gasteiger partial charge on any atom is 0.410 e. The number of hydrogen-bond acceptors (Lipinski definition) is 7. The minimum absolute atomic E-state index is 0.142. The molecule has 0 aliphatic carbocycles. The molecule has 2 heterocycles. The van der Waals surface area contributed by atoms with Crippen LogP contribution in [0.5, 0.6) is 5.75 Å². The molecule has 1 amide bonds. The smallest absolute Gasteiger partial charge is 0.410 e. The molecule has 0 bridgehead atoms. The van der Waals surface area contributed by atoms with E-state index in [4.69, 9.17) is 23.9 Å². The summed E-state index contributed by atoms with van der Waals surface area (Å²) in [4.78, 5) is 27.0. The molecule has 1 aliphatic heterocycles. The van der Waals surface area contributed by atoms with Crippen LogP contribution in [0.15, 0.2) is 52.9 Å². The highest BCUT2D eigenvalue weighted by atomic mass is 16.6. The quantitative estimate of drug-likeness (QED) is 0.355. The van der Waals surface area contributed by atoms with E-state index in [9.17, 15) is 9.59 Å². The minimum Gasteiger partial charge on any atom is -0.489 e. The number of hydrogen-bond donors (Lipinski definition) is 0. The van der Waals surface area contributed by atoms with Crippen molar-refractivity contribution in [3.05, 3.63) is 65.4 Å². The van der Waals surface area contributed by atoms with E-state index in [2.05, 4.69) is 6.07 Å². The van der Waals surface area contributed by atoms with Gasteiger partial charge in [-0.05, 0) is 82.5 Å². The van der Waals surface area contributed by atoms with Gasteiger partial charge in [-0.15, -0.1) is 0 Å². The van der Waals surface area contributed by atoms with Crippen LogP contribution in [0.4, 0.5) is 4.79 Å². The molecule has 1 saturated heterocycles. The SMILES string of the molecule is CCOC(=O)C(Cc1cc2cc(C#N)ccc2o1)c1ccc(OC2CCCN(C(=O)OC(C)(C)C)C2)cc1. The first-order valence-electron chi connectivity index (χ1n) is 13.0. The van der Waals surface area contributed by atoms with Gasteiger partial charge in [0.05, 0.1) is 30.7 Å². The van der Waals surface area contributed by atoms with Gasteiger partial charge < -0.3 is 23.5 Å². The van der Waals surface area contributed by atoms with Crippen LogP contribution >= 0.6 is 0 Å². The van der Waals surface area contributed by atoms with Gasteiger partial charge in [0.25, 0.3) is 0 Å². The number of furan rings is 1. The number of rotatable bonds is 7. The Labute approximate surface area is 223 Å². The second kappa shape index (κ2) is 11.6. The zero-order valence-electron chi connectivity index (χ0n) is 22.4. The second-order valence-corrected chi connectivity index (χ2v) is 10.5. The van der Waals surface area contributed by atoms with Gasteiger partial charge in [-0.1, -0.05) is 12.1 Å². The molecule has 1 fully saturated rings. The Morgan fingerprint density at radius 1 is 1.16 bits per heavy atom.